The Hall–Kier alpha value is -8.40. The lowest BCUT2D eigenvalue weighted by molar-refractivity contribution is 0.660. The number of hydrogen-bond donors (Lipinski definition) is 0. The van der Waals surface area contributed by atoms with Crippen molar-refractivity contribution in [3.05, 3.63) is 223 Å². The highest BCUT2D eigenvalue weighted by atomic mass is 15.0. The fraction of sp³-hybridized carbons (Fsp3) is 0.0476. The summed E-state index contributed by atoms with van der Waals surface area (Å²) in [5.41, 5.74) is 21.3. The van der Waals surface area contributed by atoms with Crippen LogP contribution >= 0.6 is 0 Å². The molecular formula is C63H41N3. The molecule has 3 nitrogen and oxygen atoms in total. The second kappa shape index (κ2) is 12.9. The maximum absolute atomic E-state index is 2.46. The number of hydrogen-bond acceptors (Lipinski definition) is 0. The molecule has 3 heteroatoms. The predicted octanol–water partition coefficient (Wildman–Crippen LogP) is 16.7. The minimum Gasteiger partial charge on any atom is -0.309 e. The molecule has 14 aromatic rings. The summed E-state index contributed by atoms with van der Waals surface area (Å²) in [6, 6.07) is 79.3. The molecule has 0 fully saturated rings. The third-order valence-corrected chi connectivity index (χ3v) is 15.2. The standard InChI is InChI=1S/C63H41N3/c1-63(2)54-18-8-3-13-44(54)45-30-29-43(37-55(45)63)65-57-20-10-5-15-47(57)51-34-40(26-32-61(51)65)39-25-31-60-50(33-39)46-14-4-9-19-56(46)64(60)42-27-23-38(24-28-42)41-35-52-48-16-6-11-21-58(48)66-59-22-12-7-17-49(59)53(36-41)62(52)66/h3-37H,1-2H3. The average Bonchev–Trinajstić information content (AvgIpc) is 4.14. The van der Waals surface area contributed by atoms with Gasteiger partial charge in [-0.2, -0.15) is 0 Å². The van der Waals surface area contributed by atoms with Gasteiger partial charge in [-0.1, -0.05) is 141 Å². The summed E-state index contributed by atoms with van der Waals surface area (Å²) in [6.45, 7) is 4.72. The van der Waals surface area contributed by atoms with Gasteiger partial charge in [-0.05, 0) is 129 Å². The van der Waals surface area contributed by atoms with Crippen LogP contribution in [0.3, 0.4) is 0 Å². The van der Waals surface area contributed by atoms with Gasteiger partial charge in [0.1, 0.15) is 0 Å². The highest BCUT2D eigenvalue weighted by molar-refractivity contribution is 6.24. The van der Waals surface area contributed by atoms with E-state index in [0.29, 0.717) is 0 Å². The number of fused-ring (bicyclic) bond motifs is 15. The van der Waals surface area contributed by atoms with E-state index in [1.807, 2.05) is 0 Å². The zero-order valence-electron chi connectivity index (χ0n) is 36.5. The molecule has 0 radical (unpaired) electrons. The molecule has 0 N–H and O–H groups in total. The second-order valence-electron chi connectivity index (χ2n) is 18.9. The Morgan fingerprint density at radius 2 is 0.712 bits per heavy atom. The molecule has 4 heterocycles. The average molecular weight is 840 g/mol. The monoisotopic (exact) mass is 839 g/mol. The third kappa shape index (κ3) is 4.71. The number of aromatic nitrogens is 3. The van der Waals surface area contributed by atoms with Gasteiger partial charge < -0.3 is 13.5 Å². The molecule has 15 rings (SSSR count). The molecule has 0 spiro atoms. The molecular weight excluding hydrogens is 799 g/mol. The fourth-order valence-corrected chi connectivity index (χ4v) is 12.1. The lowest BCUT2D eigenvalue weighted by Crippen LogP contribution is -2.15. The van der Waals surface area contributed by atoms with E-state index in [2.05, 4.69) is 240 Å². The van der Waals surface area contributed by atoms with E-state index < -0.39 is 0 Å². The molecule has 0 aliphatic heterocycles. The maximum atomic E-state index is 2.46. The van der Waals surface area contributed by atoms with Crippen LogP contribution in [0.5, 0.6) is 0 Å². The van der Waals surface area contributed by atoms with Gasteiger partial charge in [-0.15, -0.1) is 0 Å². The van der Waals surface area contributed by atoms with Crippen LogP contribution in [0, 0.1) is 0 Å². The molecule has 0 amide bonds. The Morgan fingerprint density at radius 3 is 1.30 bits per heavy atom. The molecule has 308 valence electrons. The van der Waals surface area contributed by atoms with Gasteiger partial charge in [0.25, 0.3) is 0 Å². The van der Waals surface area contributed by atoms with Crippen LogP contribution in [-0.4, -0.2) is 13.5 Å². The van der Waals surface area contributed by atoms with Gasteiger partial charge in [-0.25, -0.2) is 0 Å². The van der Waals surface area contributed by atoms with Crippen LogP contribution in [0.1, 0.15) is 25.0 Å². The summed E-state index contributed by atoms with van der Waals surface area (Å²) in [5.74, 6) is 0. The van der Waals surface area contributed by atoms with Crippen molar-refractivity contribution in [2.45, 2.75) is 19.3 Å². The smallest absolute Gasteiger partial charge is 0.0620 e. The zero-order valence-corrected chi connectivity index (χ0v) is 36.5. The molecule has 1 aliphatic rings. The topological polar surface area (TPSA) is 14.3 Å². The lowest BCUT2D eigenvalue weighted by atomic mass is 9.82. The Kier molecular flexibility index (Phi) is 7.02. The zero-order chi connectivity index (χ0) is 43.4. The Balaban J connectivity index is 0.834. The van der Waals surface area contributed by atoms with E-state index in [9.17, 15) is 0 Å². The van der Waals surface area contributed by atoms with Crippen molar-refractivity contribution >= 4 is 81.7 Å². The van der Waals surface area contributed by atoms with E-state index in [-0.39, 0.29) is 5.41 Å². The van der Waals surface area contributed by atoms with Crippen molar-refractivity contribution in [3.63, 3.8) is 0 Å². The highest BCUT2D eigenvalue weighted by Gasteiger charge is 2.35. The fourth-order valence-electron chi connectivity index (χ4n) is 12.1. The predicted molar refractivity (Wildman–Crippen MR) is 278 cm³/mol. The van der Waals surface area contributed by atoms with Crippen molar-refractivity contribution in [2.24, 2.45) is 0 Å². The minimum absolute atomic E-state index is 0.0673. The number of nitrogens with zero attached hydrogens (tertiary/aromatic N) is 3. The van der Waals surface area contributed by atoms with Gasteiger partial charge in [0.2, 0.25) is 0 Å². The first kappa shape index (κ1) is 36.0. The van der Waals surface area contributed by atoms with Crippen molar-refractivity contribution in [1.29, 1.82) is 0 Å². The van der Waals surface area contributed by atoms with Crippen molar-refractivity contribution < 1.29 is 0 Å². The van der Waals surface area contributed by atoms with Crippen LogP contribution in [0.4, 0.5) is 0 Å². The summed E-state index contributed by atoms with van der Waals surface area (Å²) in [5, 5.41) is 10.2. The largest absolute Gasteiger partial charge is 0.309 e. The third-order valence-electron chi connectivity index (χ3n) is 15.2. The van der Waals surface area contributed by atoms with Crippen LogP contribution < -0.4 is 0 Å². The van der Waals surface area contributed by atoms with Crippen molar-refractivity contribution in [2.75, 3.05) is 0 Å². The van der Waals surface area contributed by atoms with Crippen LogP contribution in [0.15, 0.2) is 212 Å². The Morgan fingerprint density at radius 1 is 0.288 bits per heavy atom. The Bertz CT molecular complexity index is 4280. The summed E-state index contributed by atoms with van der Waals surface area (Å²) < 4.78 is 7.34. The van der Waals surface area contributed by atoms with Crippen molar-refractivity contribution in [1.82, 2.24) is 13.5 Å². The number of rotatable bonds is 4. The van der Waals surface area contributed by atoms with Crippen molar-refractivity contribution in [3.8, 4) is 44.8 Å². The number of benzene rings is 10. The number of para-hydroxylation sites is 4. The normalized spacial score (nSPS) is 13.4. The molecule has 0 saturated heterocycles. The second-order valence-corrected chi connectivity index (χ2v) is 18.9. The summed E-state index contributed by atoms with van der Waals surface area (Å²) >= 11 is 0. The minimum atomic E-state index is -0.0673. The van der Waals surface area contributed by atoms with Gasteiger partial charge in [-0.3, -0.25) is 0 Å². The van der Waals surface area contributed by atoms with Gasteiger partial charge in [0, 0.05) is 59.9 Å². The van der Waals surface area contributed by atoms with Crippen LogP contribution in [0.25, 0.3) is 126 Å². The first-order valence-electron chi connectivity index (χ1n) is 23.1. The summed E-state index contributed by atoms with van der Waals surface area (Å²) in [4.78, 5) is 0. The van der Waals surface area contributed by atoms with Gasteiger partial charge in [0.05, 0.1) is 38.6 Å². The van der Waals surface area contributed by atoms with Crippen LogP contribution in [-0.2, 0) is 5.41 Å². The molecule has 1 aliphatic carbocycles. The quantitative estimate of drug-likeness (QED) is 0.168. The molecule has 10 aromatic carbocycles. The van der Waals surface area contributed by atoms with E-state index in [4.69, 9.17) is 0 Å². The van der Waals surface area contributed by atoms with Gasteiger partial charge in [0.15, 0.2) is 0 Å². The maximum Gasteiger partial charge on any atom is 0.0620 e. The molecule has 0 atom stereocenters. The highest BCUT2D eigenvalue weighted by Crippen LogP contribution is 2.50. The van der Waals surface area contributed by atoms with E-state index in [1.54, 1.807) is 0 Å². The molecule has 0 bridgehead atoms. The summed E-state index contributed by atoms with van der Waals surface area (Å²) in [6.07, 6.45) is 0. The molecule has 0 saturated carbocycles. The Labute approximate surface area is 381 Å². The van der Waals surface area contributed by atoms with Gasteiger partial charge >= 0.3 is 0 Å². The molecule has 0 unspecified atom stereocenters. The van der Waals surface area contributed by atoms with E-state index in [1.165, 1.54) is 132 Å². The first-order chi connectivity index (χ1) is 32.5. The SMILES string of the molecule is CC1(C)c2ccccc2-c2ccc(-n3c4ccccc4c4cc(-c5ccc6c(c5)c5ccccc5n6-c5ccc(-c6cc7c8ccccc8n8c9ccccc9c(c6)c78)cc5)ccc43)cc21. The summed E-state index contributed by atoms with van der Waals surface area (Å²) in [7, 11) is 0. The van der Waals surface area contributed by atoms with Crippen LogP contribution in [0.2, 0.25) is 0 Å². The van der Waals surface area contributed by atoms with E-state index in [0.717, 1.165) is 5.69 Å². The molecule has 66 heavy (non-hydrogen) atoms. The van der Waals surface area contributed by atoms with E-state index >= 15 is 0 Å². The molecule has 4 aromatic heterocycles. The first-order valence-corrected chi connectivity index (χ1v) is 23.1. The lowest BCUT2D eigenvalue weighted by Gasteiger charge is -2.22.